The molecular weight excluding hydrogens is 481 g/mol. The van der Waals surface area contributed by atoms with Gasteiger partial charge in [-0.05, 0) is 62.8 Å². The number of likely N-dealkylation sites (tertiary alicyclic amines) is 1. The summed E-state index contributed by atoms with van der Waals surface area (Å²) >= 11 is 12.3. The van der Waals surface area contributed by atoms with Gasteiger partial charge in [-0.15, -0.1) is 0 Å². The molecule has 2 aromatic carbocycles. The molecule has 0 unspecified atom stereocenters. The first-order valence-corrected chi connectivity index (χ1v) is 11.3. The lowest BCUT2D eigenvalue weighted by Crippen LogP contribution is -2.43. The van der Waals surface area contributed by atoms with E-state index in [1.165, 1.54) is 18.2 Å². The van der Waals surface area contributed by atoms with Crippen LogP contribution in [-0.2, 0) is 23.3 Å². The van der Waals surface area contributed by atoms with E-state index < -0.39 is 12.7 Å². The van der Waals surface area contributed by atoms with Crippen molar-refractivity contribution in [3.8, 4) is 0 Å². The molecule has 0 saturated carbocycles. The maximum atomic E-state index is 13.5. The Hall–Kier alpha value is -1.87. The number of halogens is 6. The van der Waals surface area contributed by atoms with Gasteiger partial charge in [0.2, 0.25) is 0 Å². The normalized spacial score (nSPS) is 17.1. The number of rotatable bonds is 6. The predicted molar refractivity (Wildman–Crippen MR) is 120 cm³/mol. The third-order valence-corrected chi connectivity index (χ3v) is 6.71. The Morgan fingerprint density at radius 2 is 1.76 bits per heavy atom. The number of fused-ring (bicyclic) bond motifs is 1. The fraction of sp³-hybridized carbons (Fsp3) is 0.435. The summed E-state index contributed by atoms with van der Waals surface area (Å²) in [4.78, 5) is 2.22. The van der Waals surface area contributed by atoms with Crippen LogP contribution in [0, 0.1) is 5.82 Å². The molecule has 0 atom stereocenters. The zero-order chi connectivity index (χ0) is 23.8. The van der Waals surface area contributed by atoms with Crippen molar-refractivity contribution in [1.82, 2.24) is 14.7 Å². The van der Waals surface area contributed by atoms with E-state index in [0.29, 0.717) is 22.6 Å². The molecule has 3 aromatic rings. The summed E-state index contributed by atoms with van der Waals surface area (Å²) in [6, 6.07) is 9.51. The molecule has 4 nitrogen and oxygen atoms in total. The lowest BCUT2D eigenvalue weighted by Gasteiger charge is -2.41. The minimum absolute atomic E-state index is 0.0374. The van der Waals surface area contributed by atoms with Crippen LogP contribution in [0.15, 0.2) is 36.4 Å². The van der Waals surface area contributed by atoms with Crippen molar-refractivity contribution in [2.75, 3.05) is 26.7 Å². The molecule has 178 valence electrons. The minimum Gasteiger partial charge on any atom is -0.376 e. The molecule has 1 fully saturated rings. The molecule has 0 amide bonds. The molecule has 1 saturated heterocycles. The Morgan fingerprint density at radius 3 is 2.39 bits per heavy atom. The lowest BCUT2D eigenvalue weighted by atomic mass is 9.73. The second kappa shape index (κ2) is 9.41. The van der Waals surface area contributed by atoms with Gasteiger partial charge in [-0.25, -0.2) is 4.39 Å². The van der Waals surface area contributed by atoms with Crippen molar-refractivity contribution < 1.29 is 22.3 Å². The fourth-order valence-corrected chi connectivity index (χ4v) is 4.92. The lowest BCUT2D eigenvalue weighted by molar-refractivity contribution is -0.141. The van der Waals surface area contributed by atoms with Gasteiger partial charge in [0.05, 0.1) is 18.7 Å². The summed E-state index contributed by atoms with van der Waals surface area (Å²) in [6.45, 7) is 0.820. The smallest absolute Gasteiger partial charge is 0.376 e. The van der Waals surface area contributed by atoms with Gasteiger partial charge in [0, 0.05) is 21.4 Å². The number of aromatic nitrogens is 2. The van der Waals surface area contributed by atoms with Crippen LogP contribution in [0.1, 0.15) is 24.0 Å². The van der Waals surface area contributed by atoms with Crippen LogP contribution in [0.5, 0.6) is 0 Å². The van der Waals surface area contributed by atoms with Crippen molar-refractivity contribution >= 4 is 34.1 Å². The molecule has 33 heavy (non-hydrogen) atoms. The highest BCUT2D eigenvalue weighted by atomic mass is 35.5. The second-order valence-corrected chi connectivity index (χ2v) is 9.40. The van der Waals surface area contributed by atoms with Crippen molar-refractivity contribution in [3.05, 3.63) is 63.5 Å². The summed E-state index contributed by atoms with van der Waals surface area (Å²) in [7, 11) is 2.05. The van der Waals surface area contributed by atoms with Crippen molar-refractivity contribution in [2.24, 2.45) is 0 Å². The number of hydrogen-bond donors (Lipinski definition) is 0. The molecule has 1 aromatic heterocycles. The van der Waals surface area contributed by atoms with Gasteiger partial charge >= 0.3 is 6.18 Å². The summed E-state index contributed by atoms with van der Waals surface area (Å²) in [5.74, 6) is -0.307. The van der Waals surface area contributed by atoms with Crippen molar-refractivity contribution in [3.63, 3.8) is 0 Å². The monoisotopic (exact) mass is 503 g/mol. The van der Waals surface area contributed by atoms with Gasteiger partial charge in [-0.1, -0.05) is 35.3 Å². The van der Waals surface area contributed by atoms with Gasteiger partial charge in [0.15, 0.2) is 5.15 Å². The molecule has 2 heterocycles. The van der Waals surface area contributed by atoms with Gasteiger partial charge < -0.3 is 9.64 Å². The van der Waals surface area contributed by atoms with Crippen LogP contribution in [0.3, 0.4) is 0 Å². The Bertz CT molecular complexity index is 1120. The average Bonchev–Trinajstić information content (AvgIpc) is 3.03. The summed E-state index contributed by atoms with van der Waals surface area (Å²) < 4.78 is 59.7. The zero-order valence-electron chi connectivity index (χ0n) is 17.9. The Kier molecular flexibility index (Phi) is 6.92. The van der Waals surface area contributed by atoms with E-state index in [-0.39, 0.29) is 28.5 Å². The van der Waals surface area contributed by atoms with Gasteiger partial charge in [-0.2, -0.15) is 18.3 Å². The number of ether oxygens (including phenoxy) is 1. The van der Waals surface area contributed by atoms with Crippen LogP contribution in [0.25, 0.3) is 10.9 Å². The van der Waals surface area contributed by atoms with E-state index in [9.17, 15) is 17.6 Å². The topological polar surface area (TPSA) is 30.3 Å². The summed E-state index contributed by atoms with van der Waals surface area (Å²) in [6.07, 6.45) is -2.82. The van der Waals surface area contributed by atoms with E-state index >= 15 is 0 Å². The maximum absolute atomic E-state index is 13.5. The molecule has 1 aliphatic rings. The third-order valence-electron chi connectivity index (χ3n) is 6.21. The minimum atomic E-state index is -4.46. The fourth-order valence-electron chi connectivity index (χ4n) is 4.44. The van der Waals surface area contributed by atoms with E-state index in [1.807, 2.05) is 7.05 Å². The van der Waals surface area contributed by atoms with Gasteiger partial charge in [0.1, 0.15) is 12.4 Å². The Morgan fingerprint density at radius 1 is 1.09 bits per heavy atom. The molecule has 1 aliphatic heterocycles. The molecule has 0 radical (unpaired) electrons. The Balaban J connectivity index is 1.61. The molecule has 0 bridgehead atoms. The number of piperidine rings is 1. The van der Waals surface area contributed by atoms with Crippen molar-refractivity contribution in [2.45, 2.75) is 37.6 Å². The zero-order valence-corrected chi connectivity index (χ0v) is 19.4. The number of nitrogens with zero attached hydrogens (tertiary/aromatic N) is 3. The number of alkyl halides is 3. The first-order valence-electron chi connectivity index (χ1n) is 10.5. The van der Waals surface area contributed by atoms with E-state index in [4.69, 9.17) is 27.9 Å². The maximum Gasteiger partial charge on any atom is 0.408 e. The third kappa shape index (κ3) is 5.45. The second-order valence-electron chi connectivity index (χ2n) is 8.61. The predicted octanol–water partition coefficient (Wildman–Crippen LogP) is 6.22. The highest BCUT2D eigenvalue weighted by Gasteiger charge is 2.36. The SMILES string of the molecule is CN1CCC(COCc2cc(Cl)cc3c(Cl)nn(CC(F)(F)F)c23)(c2ccc(F)cc2)CC1. The van der Waals surface area contributed by atoms with Gasteiger partial charge in [0.25, 0.3) is 0 Å². The first-order chi connectivity index (χ1) is 15.6. The highest BCUT2D eigenvalue weighted by molar-refractivity contribution is 6.36. The first kappa shape index (κ1) is 24.3. The standard InChI is InChI=1S/C23H23Cl2F4N3O/c1-31-8-6-22(7-9-31,16-2-4-18(26)5-3-16)14-33-12-15-10-17(24)11-19-20(15)32(30-21(19)25)13-23(27,28)29/h2-5,10-11H,6-9,12-14H2,1H3. The van der Waals surface area contributed by atoms with Crippen LogP contribution >= 0.6 is 23.2 Å². The van der Waals surface area contributed by atoms with E-state index in [0.717, 1.165) is 36.2 Å². The van der Waals surface area contributed by atoms with E-state index in [1.54, 1.807) is 18.2 Å². The Labute approximate surface area is 199 Å². The average molecular weight is 504 g/mol. The van der Waals surface area contributed by atoms with Crippen LogP contribution in [-0.4, -0.2) is 47.6 Å². The van der Waals surface area contributed by atoms with E-state index in [2.05, 4.69) is 10.00 Å². The van der Waals surface area contributed by atoms with Crippen molar-refractivity contribution in [1.29, 1.82) is 0 Å². The quantitative estimate of drug-likeness (QED) is 0.373. The van der Waals surface area contributed by atoms with Crippen LogP contribution in [0.2, 0.25) is 10.2 Å². The number of benzene rings is 2. The largest absolute Gasteiger partial charge is 0.408 e. The highest BCUT2D eigenvalue weighted by Crippen LogP contribution is 2.37. The van der Waals surface area contributed by atoms with Crippen LogP contribution in [0.4, 0.5) is 17.6 Å². The molecule has 0 N–H and O–H groups in total. The molecule has 0 spiro atoms. The van der Waals surface area contributed by atoms with Crippen LogP contribution < -0.4 is 0 Å². The molecule has 4 rings (SSSR count). The molecule has 0 aliphatic carbocycles. The summed E-state index contributed by atoms with van der Waals surface area (Å²) in [5, 5.41) is 4.50. The van der Waals surface area contributed by atoms with Gasteiger partial charge in [-0.3, -0.25) is 4.68 Å². The molecule has 10 heteroatoms. The summed E-state index contributed by atoms with van der Waals surface area (Å²) in [5.41, 5.74) is 1.39. The molecular formula is C23H23Cl2F4N3O. The number of hydrogen-bond acceptors (Lipinski definition) is 3.